The number of aromatic amines is 1. The van der Waals surface area contributed by atoms with Crippen molar-refractivity contribution in [2.75, 3.05) is 10.6 Å². The third-order valence-electron chi connectivity index (χ3n) is 4.03. The molecule has 4 aromatic rings. The molecule has 0 spiro atoms. The molecule has 11 nitrogen and oxygen atoms in total. The van der Waals surface area contributed by atoms with Gasteiger partial charge in [-0.25, -0.2) is 14.6 Å². The number of aromatic nitrogens is 5. The summed E-state index contributed by atoms with van der Waals surface area (Å²) < 4.78 is 33.1. The van der Waals surface area contributed by atoms with Crippen LogP contribution in [0.25, 0.3) is 5.69 Å². The largest absolute Gasteiger partial charge is 0.340 e. The van der Waals surface area contributed by atoms with Crippen molar-refractivity contribution in [1.29, 1.82) is 0 Å². The van der Waals surface area contributed by atoms with Crippen molar-refractivity contribution in [2.45, 2.75) is 4.90 Å². The summed E-state index contributed by atoms with van der Waals surface area (Å²) in [5, 5.41) is 8.95. The topological polar surface area (TPSA) is 155 Å². The van der Waals surface area contributed by atoms with Crippen LogP contribution in [0.5, 0.6) is 0 Å². The first kappa shape index (κ1) is 20.5. The fourth-order valence-corrected chi connectivity index (χ4v) is 3.37. The molecule has 0 amide bonds. The van der Waals surface area contributed by atoms with E-state index < -0.39 is 15.7 Å². The Kier molecular flexibility index (Phi) is 5.42. The minimum Gasteiger partial charge on any atom is -0.340 e. The van der Waals surface area contributed by atoms with Gasteiger partial charge in [-0.15, -0.1) is 0 Å². The maximum absolute atomic E-state index is 12.4. The van der Waals surface area contributed by atoms with E-state index in [1.807, 2.05) is 0 Å². The van der Waals surface area contributed by atoms with Crippen LogP contribution in [0.2, 0.25) is 5.28 Å². The van der Waals surface area contributed by atoms with E-state index >= 15 is 0 Å². The molecule has 0 fully saturated rings. The summed E-state index contributed by atoms with van der Waals surface area (Å²) in [5.41, 5.74) is 1.12. The highest BCUT2D eigenvalue weighted by molar-refractivity contribution is 7.85. The first-order chi connectivity index (χ1) is 14.8. The van der Waals surface area contributed by atoms with Crippen LogP contribution in [0, 0.1) is 0 Å². The summed E-state index contributed by atoms with van der Waals surface area (Å²) in [7, 11) is -4.40. The Morgan fingerprint density at radius 1 is 1.00 bits per heavy atom. The Balaban J connectivity index is 1.57. The third-order valence-corrected chi connectivity index (χ3v) is 5.07. The number of hydrogen-bond donors (Lipinski definition) is 4. The van der Waals surface area contributed by atoms with Crippen LogP contribution in [-0.2, 0) is 10.1 Å². The van der Waals surface area contributed by atoms with Crippen LogP contribution >= 0.6 is 11.6 Å². The maximum Gasteiger partial charge on any atom is 0.294 e. The summed E-state index contributed by atoms with van der Waals surface area (Å²) in [6.07, 6.45) is 1.28. The molecule has 13 heteroatoms. The van der Waals surface area contributed by atoms with Crippen molar-refractivity contribution in [3.63, 3.8) is 0 Å². The number of nitrogens with one attached hydrogen (secondary N) is 3. The molecular formula is C18H14ClN7O4S. The lowest BCUT2D eigenvalue weighted by Crippen LogP contribution is -2.14. The lowest BCUT2D eigenvalue weighted by atomic mass is 10.3. The molecule has 0 radical (unpaired) electrons. The van der Waals surface area contributed by atoms with Gasteiger partial charge in [-0.3, -0.25) is 14.4 Å². The van der Waals surface area contributed by atoms with Crippen LogP contribution in [0.15, 0.2) is 70.6 Å². The third kappa shape index (κ3) is 4.88. The highest BCUT2D eigenvalue weighted by Gasteiger charge is 2.12. The number of benzene rings is 2. The van der Waals surface area contributed by atoms with Crippen LogP contribution in [-0.4, -0.2) is 37.7 Å². The monoisotopic (exact) mass is 459 g/mol. The molecular weight excluding hydrogens is 446 g/mol. The molecule has 0 aliphatic carbocycles. The Labute approximate surface area is 180 Å². The number of rotatable bonds is 6. The number of anilines is 4. The number of nitrogens with zero attached hydrogens (tertiary/aromatic N) is 4. The standard InChI is InChI=1S/C18H14ClN7O4S/c19-17-20-10-21-18(24-17)23-12-4-1-3-11(7-12)22-15-9-16(27)26(25-15)13-5-2-6-14(8-13)31(28,29)30/h1-10,22,25H,(H,28,29,30)(H,20,21,23,24). The SMILES string of the molecule is O=c1cc(Nc2cccc(Nc3ncnc(Cl)n3)c2)[nH]n1-c1cccc(S(=O)(=O)O)c1. The van der Waals surface area contributed by atoms with Gasteiger partial charge in [0, 0.05) is 17.4 Å². The Morgan fingerprint density at radius 2 is 1.74 bits per heavy atom. The summed E-state index contributed by atoms with van der Waals surface area (Å²) in [6.45, 7) is 0. The molecule has 0 unspecified atom stereocenters. The molecule has 0 aliphatic heterocycles. The molecule has 0 aliphatic rings. The maximum atomic E-state index is 12.4. The van der Waals surface area contributed by atoms with E-state index in [0.29, 0.717) is 17.2 Å². The first-order valence-corrected chi connectivity index (χ1v) is 10.5. The van der Waals surface area contributed by atoms with E-state index in [9.17, 15) is 17.8 Å². The first-order valence-electron chi connectivity index (χ1n) is 8.66. The molecule has 4 N–H and O–H groups in total. The molecule has 2 aromatic carbocycles. The van der Waals surface area contributed by atoms with Crippen molar-refractivity contribution in [3.05, 3.63) is 76.6 Å². The van der Waals surface area contributed by atoms with Crippen molar-refractivity contribution >= 4 is 44.9 Å². The van der Waals surface area contributed by atoms with E-state index in [0.717, 1.165) is 4.68 Å². The van der Waals surface area contributed by atoms with Gasteiger partial charge in [0.15, 0.2) is 0 Å². The average Bonchev–Trinajstić information content (AvgIpc) is 3.08. The summed E-state index contributed by atoms with van der Waals surface area (Å²) in [4.78, 5) is 23.7. The van der Waals surface area contributed by atoms with Crippen molar-refractivity contribution in [2.24, 2.45) is 0 Å². The Bertz CT molecular complexity index is 1420. The minimum atomic E-state index is -4.40. The second-order valence-corrected chi connectivity index (χ2v) is 7.98. The second-order valence-electron chi connectivity index (χ2n) is 6.22. The van der Waals surface area contributed by atoms with Crippen LogP contribution in [0.4, 0.5) is 23.1 Å². The Hall–Kier alpha value is -3.74. The van der Waals surface area contributed by atoms with E-state index in [-0.39, 0.29) is 21.8 Å². The molecule has 2 aromatic heterocycles. The van der Waals surface area contributed by atoms with Crippen LogP contribution in [0.1, 0.15) is 0 Å². The molecule has 31 heavy (non-hydrogen) atoms. The fourth-order valence-electron chi connectivity index (χ4n) is 2.73. The van der Waals surface area contributed by atoms with Gasteiger partial charge in [-0.05, 0) is 48.0 Å². The molecule has 158 valence electrons. The van der Waals surface area contributed by atoms with Crippen LogP contribution in [0.3, 0.4) is 0 Å². The van der Waals surface area contributed by atoms with E-state index in [4.69, 9.17) is 11.6 Å². The van der Waals surface area contributed by atoms with E-state index in [1.54, 1.807) is 24.3 Å². The van der Waals surface area contributed by atoms with Crippen LogP contribution < -0.4 is 16.2 Å². The number of H-pyrrole nitrogens is 1. The highest BCUT2D eigenvalue weighted by Crippen LogP contribution is 2.21. The lowest BCUT2D eigenvalue weighted by Gasteiger charge is -2.08. The molecule has 0 atom stereocenters. The molecule has 0 bridgehead atoms. The Morgan fingerprint density at radius 3 is 2.48 bits per heavy atom. The average molecular weight is 460 g/mol. The van der Waals surface area contributed by atoms with Gasteiger partial charge >= 0.3 is 0 Å². The minimum absolute atomic E-state index is 0.0590. The molecule has 0 saturated heterocycles. The number of hydrogen-bond acceptors (Lipinski definition) is 8. The lowest BCUT2D eigenvalue weighted by molar-refractivity contribution is 0.483. The van der Waals surface area contributed by atoms with Gasteiger partial charge in [0.25, 0.3) is 15.7 Å². The van der Waals surface area contributed by atoms with E-state index in [2.05, 4.69) is 30.7 Å². The molecule has 2 heterocycles. The summed E-state index contributed by atoms with van der Waals surface area (Å²) in [6, 6.07) is 13.8. The summed E-state index contributed by atoms with van der Waals surface area (Å²) in [5.74, 6) is 0.637. The highest BCUT2D eigenvalue weighted by atomic mass is 35.5. The fraction of sp³-hybridized carbons (Fsp3) is 0. The van der Waals surface area contributed by atoms with Gasteiger partial charge in [0.1, 0.15) is 12.1 Å². The second kappa shape index (κ2) is 8.18. The predicted octanol–water partition coefficient (Wildman–Crippen LogP) is 2.74. The predicted molar refractivity (Wildman–Crippen MR) is 114 cm³/mol. The van der Waals surface area contributed by atoms with E-state index in [1.165, 1.54) is 36.7 Å². The summed E-state index contributed by atoms with van der Waals surface area (Å²) >= 11 is 5.75. The van der Waals surface area contributed by atoms with Crippen molar-refractivity contribution in [3.8, 4) is 5.69 Å². The van der Waals surface area contributed by atoms with Crippen molar-refractivity contribution < 1.29 is 13.0 Å². The van der Waals surface area contributed by atoms with Gasteiger partial charge in [-0.2, -0.15) is 13.4 Å². The van der Waals surface area contributed by atoms with Gasteiger partial charge in [0.05, 0.1) is 10.6 Å². The molecule has 0 saturated carbocycles. The normalized spacial score (nSPS) is 11.3. The zero-order valence-electron chi connectivity index (χ0n) is 15.5. The zero-order valence-corrected chi connectivity index (χ0v) is 17.1. The number of halogens is 1. The van der Waals surface area contributed by atoms with Gasteiger partial charge < -0.3 is 10.6 Å². The molecule has 4 rings (SSSR count). The zero-order chi connectivity index (χ0) is 22.0. The van der Waals surface area contributed by atoms with Crippen molar-refractivity contribution in [1.82, 2.24) is 24.7 Å². The quantitative estimate of drug-likeness (QED) is 0.318. The smallest absolute Gasteiger partial charge is 0.294 e. The van der Waals surface area contributed by atoms with Gasteiger partial charge in [0.2, 0.25) is 11.2 Å². The van der Waals surface area contributed by atoms with Gasteiger partial charge in [-0.1, -0.05) is 12.1 Å².